The molecule has 1 heterocycles. The van der Waals surface area contributed by atoms with Crippen LogP contribution in [0.4, 0.5) is 0 Å². The van der Waals surface area contributed by atoms with E-state index >= 15 is 0 Å². The van der Waals surface area contributed by atoms with E-state index in [-0.39, 0.29) is 0 Å². The van der Waals surface area contributed by atoms with Gasteiger partial charge in [0.2, 0.25) is 0 Å². The summed E-state index contributed by atoms with van der Waals surface area (Å²) in [4.78, 5) is 4.66. The average molecular weight is 232 g/mol. The number of hydrogen-bond acceptors (Lipinski definition) is 3. The van der Waals surface area contributed by atoms with Crippen molar-refractivity contribution >= 4 is 11.8 Å². The molecule has 0 spiro atoms. The van der Waals surface area contributed by atoms with Gasteiger partial charge < -0.3 is 0 Å². The van der Waals surface area contributed by atoms with Crippen molar-refractivity contribution in [2.75, 3.05) is 5.75 Å². The predicted octanol–water partition coefficient (Wildman–Crippen LogP) is 3.33. The number of rotatable bonds is 3. The van der Waals surface area contributed by atoms with Crippen molar-refractivity contribution in [2.45, 2.75) is 44.1 Å². The molecule has 1 aromatic heterocycles. The fourth-order valence-electron chi connectivity index (χ4n) is 2.00. The summed E-state index contributed by atoms with van der Waals surface area (Å²) in [6.45, 7) is 2.15. The summed E-state index contributed by atoms with van der Waals surface area (Å²) in [5.74, 6) is 1.04. The standard InChI is InChI=1S/C13H16N2S/c1-2-7-16-13-11(9-14)8-10-5-3-4-6-12(10)15-13/h8H,2-7H2,1H3. The summed E-state index contributed by atoms with van der Waals surface area (Å²) in [5.41, 5.74) is 3.28. The molecule has 0 saturated heterocycles. The van der Waals surface area contributed by atoms with Crippen LogP contribution in [0.1, 0.15) is 43.0 Å². The SMILES string of the molecule is CCCSc1nc2c(cc1C#N)CCCC2. The lowest BCUT2D eigenvalue weighted by molar-refractivity contribution is 0.660. The Bertz CT molecular complexity index is 421. The average Bonchev–Trinajstić information content (AvgIpc) is 2.35. The first kappa shape index (κ1) is 11.5. The number of nitrogens with zero attached hydrogens (tertiary/aromatic N) is 2. The fourth-order valence-corrected chi connectivity index (χ4v) is 2.84. The molecule has 0 aromatic carbocycles. The Morgan fingerprint density at radius 1 is 1.44 bits per heavy atom. The minimum absolute atomic E-state index is 0.763. The van der Waals surface area contributed by atoms with Crippen molar-refractivity contribution in [2.24, 2.45) is 0 Å². The smallest absolute Gasteiger partial charge is 0.114 e. The molecule has 0 saturated carbocycles. The lowest BCUT2D eigenvalue weighted by Gasteiger charge is -2.16. The summed E-state index contributed by atoms with van der Waals surface area (Å²) in [5, 5.41) is 10.1. The Kier molecular flexibility index (Phi) is 3.84. The second-order valence-electron chi connectivity index (χ2n) is 4.11. The lowest BCUT2D eigenvalue weighted by Crippen LogP contribution is -2.07. The van der Waals surface area contributed by atoms with Crippen LogP contribution in [0.2, 0.25) is 0 Å². The van der Waals surface area contributed by atoms with Crippen LogP contribution in [-0.2, 0) is 12.8 Å². The van der Waals surface area contributed by atoms with Gasteiger partial charge in [-0.2, -0.15) is 5.26 Å². The number of aryl methyl sites for hydroxylation is 2. The number of pyridine rings is 1. The molecule has 0 fully saturated rings. The summed E-state index contributed by atoms with van der Waals surface area (Å²) in [7, 11) is 0. The molecular weight excluding hydrogens is 216 g/mol. The second kappa shape index (κ2) is 5.36. The maximum absolute atomic E-state index is 9.12. The highest BCUT2D eigenvalue weighted by atomic mass is 32.2. The molecule has 0 N–H and O–H groups in total. The Morgan fingerprint density at radius 3 is 3.00 bits per heavy atom. The van der Waals surface area contributed by atoms with Crippen LogP contribution in [0.5, 0.6) is 0 Å². The molecule has 1 aliphatic rings. The summed E-state index contributed by atoms with van der Waals surface area (Å²) >= 11 is 1.71. The normalized spacial score (nSPS) is 14.2. The van der Waals surface area contributed by atoms with Gasteiger partial charge in [-0.05, 0) is 49.5 Å². The summed E-state index contributed by atoms with van der Waals surface area (Å²) in [6, 6.07) is 4.33. The third-order valence-corrected chi connectivity index (χ3v) is 4.03. The van der Waals surface area contributed by atoms with Crippen LogP contribution < -0.4 is 0 Å². The van der Waals surface area contributed by atoms with Gasteiger partial charge in [-0.25, -0.2) is 4.98 Å². The highest BCUT2D eigenvalue weighted by Crippen LogP contribution is 2.27. The topological polar surface area (TPSA) is 36.7 Å². The minimum Gasteiger partial charge on any atom is -0.245 e. The molecule has 0 aliphatic heterocycles. The zero-order valence-corrected chi connectivity index (χ0v) is 10.4. The Morgan fingerprint density at radius 2 is 2.25 bits per heavy atom. The van der Waals surface area contributed by atoms with Crippen molar-refractivity contribution < 1.29 is 0 Å². The number of aromatic nitrogens is 1. The Labute approximate surface area is 101 Å². The van der Waals surface area contributed by atoms with E-state index in [2.05, 4.69) is 24.0 Å². The van der Waals surface area contributed by atoms with Gasteiger partial charge in [0.1, 0.15) is 11.1 Å². The molecule has 16 heavy (non-hydrogen) atoms. The van der Waals surface area contributed by atoms with Crippen LogP contribution in [0.3, 0.4) is 0 Å². The van der Waals surface area contributed by atoms with Gasteiger partial charge in [-0.15, -0.1) is 11.8 Å². The molecule has 1 aromatic rings. The van der Waals surface area contributed by atoms with Crippen LogP contribution in [0.25, 0.3) is 0 Å². The van der Waals surface area contributed by atoms with Crippen molar-refractivity contribution in [1.82, 2.24) is 4.98 Å². The Hall–Kier alpha value is -1.01. The highest BCUT2D eigenvalue weighted by molar-refractivity contribution is 7.99. The van der Waals surface area contributed by atoms with E-state index in [1.807, 2.05) is 0 Å². The van der Waals surface area contributed by atoms with Gasteiger partial charge in [0, 0.05) is 5.69 Å². The molecule has 3 heteroatoms. The monoisotopic (exact) mass is 232 g/mol. The summed E-state index contributed by atoms with van der Waals surface area (Å²) in [6.07, 6.45) is 5.77. The van der Waals surface area contributed by atoms with Crippen LogP contribution in [0, 0.1) is 11.3 Å². The summed E-state index contributed by atoms with van der Waals surface area (Å²) < 4.78 is 0. The third kappa shape index (κ3) is 2.38. The largest absolute Gasteiger partial charge is 0.245 e. The molecule has 0 unspecified atom stereocenters. The van der Waals surface area contributed by atoms with Gasteiger partial charge >= 0.3 is 0 Å². The molecule has 1 aliphatic carbocycles. The van der Waals surface area contributed by atoms with Crippen molar-refractivity contribution in [3.05, 3.63) is 22.9 Å². The molecule has 84 valence electrons. The van der Waals surface area contributed by atoms with Crippen LogP contribution >= 0.6 is 11.8 Å². The molecule has 0 amide bonds. The van der Waals surface area contributed by atoms with Gasteiger partial charge in [0.05, 0.1) is 5.56 Å². The van der Waals surface area contributed by atoms with Gasteiger partial charge in [-0.1, -0.05) is 6.92 Å². The van der Waals surface area contributed by atoms with Crippen molar-refractivity contribution in [3.63, 3.8) is 0 Å². The fraction of sp³-hybridized carbons (Fsp3) is 0.538. The number of hydrogen-bond donors (Lipinski definition) is 0. The van der Waals surface area contributed by atoms with Crippen molar-refractivity contribution in [1.29, 1.82) is 5.26 Å². The van der Waals surface area contributed by atoms with E-state index in [0.29, 0.717) is 0 Å². The minimum atomic E-state index is 0.763. The van der Waals surface area contributed by atoms with E-state index in [0.717, 1.165) is 35.6 Å². The number of fused-ring (bicyclic) bond motifs is 1. The van der Waals surface area contributed by atoms with Crippen LogP contribution in [-0.4, -0.2) is 10.7 Å². The quantitative estimate of drug-likeness (QED) is 0.750. The van der Waals surface area contributed by atoms with Crippen LogP contribution in [0.15, 0.2) is 11.1 Å². The van der Waals surface area contributed by atoms with Crippen molar-refractivity contribution in [3.8, 4) is 6.07 Å². The molecule has 0 radical (unpaired) electrons. The molecule has 2 nitrogen and oxygen atoms in total. The number of thioether (sulfide) groups is 1. The van der Waals surface area contributed by atoms with E-state index in [4.69, 9.17) is 5.26 Å². The number of nitriles is 1. The van der Waals surface area contributed by atoms with E-state index in [1.165, 1.54) is 24.1 Å². The first-order valence-corrected chi connectivity index (χ1v) is 6.89. The first-order valence-electron chi connectivity index (χ1n) is 5.91. The van der Waals surface area contributed by atoms with E-state index < -0.39 is 0 Å². The zero-order valence-electron chi connectivity index (χ0n) is 9.62. The zero-order chi connectivity index (χ0) is 11.4. The van der Waals surface area contributed by atoms with Gasteiger partial charge in [0.15, 0.2) is 0 Å². The Balaban J connectivity index is 2.32. The van der Waals surface area contributed by atoms with Gasteiger partial charge in [0.25, 0.3) is 0 Å². The molecule has 2 rings (SSSR count). The van der Waals surface area contributed by atoms with E-state index in [1.54, 1.807) is 11.8 Å². The highest BCUT2D eigenvalue weighted by Gasteiger charge is 2.14. The molecular formula is C13H16N2S. The predicted molar refractivity (Wildman–Crippen MR) is 66.6 cm³/mol. The molecule has 0 bridgehead atoms. The lowest BCUT2D eigenvalue weighted by atomic mass is 9.95. The maximum Gasteiger partial charge on any atom is 0.114 e. The second-order valence-corrected chi connectivity index (χ2v) is 5.20. The molecule has 0 atom stereocenters. The maximum atomic E-state index is 9.12. The van der Waals surface area contributed by atoms with E-state index in [9.17, 15) is 0 Å². The first-order chi connectivity index (χ1) is 7.85. The van der Waals surface area contributed by atoms with Gasteiger partial charge in [-0.3, -0.25) is 0 Å². The third-order valence-electron chi connectivity index (χ3n) is 2.83.